The van der Waals surface area contributed by atoms with E-state index in [1.54, 1.807) is 30.5 Å². The number of tetrazole rings is 1. The third kappa shape index (κ3) is 3.29. The minimum absolute atomic E-state index is 0.312. The topological polar surface area (TPSA) is 110 Å². The van der Waals surface area contributed by atoms with Crippen LogP contribution in [0.3, 0.4) is 0 Å². The number of amides is 1. The molecule has 0 saturated heterocycles. The Labute approximate surface area is 162 Å². The molecule has 0 saturated carbocycles. The van der Waals surface area contributed by atoms with Crippen molar-refractivity contribution in [1.82, 2.24) is 25.2 Å². The highest BCUT2D eigenvalue weighted by molar-refractivity contribution is 6.43. The maximum Gasteiger partial charge on any atom is 0.299 e. The number of hydrogen-bond donors (Lipinski definition) is 1. The summed E-state index contributed by atoms with van der Waals surface area (Å²) in [4.78, 5) is 16.1. The minimum Gasteiger partial charge on any atom is -0.349 e. The molecule has 1 N–H and O–H groups in total. The minimum atomic E-state index is -0.425. The summed E-state index contributed by atoms with van der Waals surface area (Å²) in [5.74, 6) is -0.0689. The maximum atomic E-state index is 11.8. The second kappa shape index (κ2) is 7.22. The molecule has 0 radical (unpaired) electrons. The van der Waals surface area contributed by atoms with E-state index in [1.165, 1.54) is 10.9 Å². The van der Waals surface area contributed by atoms with E-state index in [4.69, 9.17) is 23.2 Å². The lowest BCUT2D eigenvalue weighted by Gasteiger charge is -2.11. The van der Waals surface area contributed by atoms with E-state index < -0.39 is 5.91 Å². The molecule has 3 heterocycles. The quantitative estimate of drug-likeness (QED) is 0.702. The van der Waals surface area contributed by atoms with Gasteiger partial charge in [0.2, 0.25) is 5.95 Å². The van der Waals surface area contributed by atoms with E-state index in [2.05, 4.69) is 36.1 Å². The summed E-state index contributed by atoms with van der Waals surface area (Å²) in [6, 6.07) is 8.78. The van der Waals surface area contributed by atoms with E-state index >= 15 is 0 Å². The number of halogens is 2. The fourth-order valence-electron chi connectivity index (χ4n) is 2.52. The average Bonchev–Trinajstić information content (AvgIpc) is 3.31. The molecule has 1 amide bonds. The van der Waals surface area contributed by atoms with Gasteiger partial charge >= 0.3 is 0 Å². The molecule has 0 spiro atoms. The van der Waals surface area contributed by atoms with E-state index in [1.807, 2.05) is 6.07 Å². The molecule has 11 heteroatoms. The summed E-state index contributed by atoms with van der Waals surface area (Å²) >= 11 is 12.3. The van der Waals surface area contributed by atoms with E-state index in [9.17, 15) is 4.79 Å². The van der Waals surface area contributed by atoms with Crippen LogP contribution >= 0.6 is 23.2 Å². The zero-order valence-electron chi connectivity index (χ0n) is 13.5. The van der Waals surface area contributed by atoms with Crippen molar-refractivity contribution in [2.24, 2.45) is 10.2 Å². The van der Waals surface area contributed by atoms with Gasteiger partial charge < -0.3 is 5.32 Å². The molecule has 1 aliphatic rings. The molecular formula is C16H10Cl2N8O. The molecule has 9 nitrogen and oxygen atoms in total. The van der Waals surface area contributed by atoms with E-state index in [-0.39, 0.29) is 0 Å². The van der Waals surface area contributed by atoms with Crippen LogP contribution in [0.1, 0.15) is 11.3 Å². The lowest BCUT2D eigenvalue weighted by molar-refractivity contribution is -0.112. The molecule has 0 unspecified atom stereocenters. The van der Waals surface area contributed by atoms with Crippen molar-refractivity contribution in [1.29, 1.82) is 0 Å². The van der Waals surface area contributed by atoms with Crippen molar-refractivity contribution in [2.45, 2.75) is 6.54 Å². The summed E-state index contributed by atoms with van der Waals surface area (Å²) in [6.07, 6.45) is 2.99. The summed E-state index contributed by atoms with van der Waals surface area (Å²) in [5.41, 5.74) is 2.13. The smallest absolute Gasteiger partial charge is 0.299 e. The highest BCUT2D eigenvalue weighted by Crippen LogP contribution is 2.29. The van der Waals surface area contributed by atoms with Crippen LogP contribution in [0.5, 0.6) is 0 Å². The van der Waals surface area contributed by atoms with E-state index in [0.717, 1.165) is 5.56 Å². The number of rotatable bonds is 5. The number of azo groups is 1. The molecule has 0 bridgehead atoms. The Morgan fingerprint density at radius 1 is 1.15 bits per heavy atom. The zero-order chi connectivity index (χ0) is 18.8. The highest BCUT2D eigenvalue weighted by atomic mass is 35.5. The Kier molecular flexibility index (Phi) is 4.61. The number of carbonyl (C=O) groups excluding carboxylic acids is 1. The molecule has 1 aromatic carbocycles. The van der Waals surface area contributed by atoms with Gasteiger partial charge in [-0.05, 0) is 34.2 Å². The van der Waals surface area contributed by atoms with Gasteiger partial charge in [0, 0.05) is 12.7 Å². The van der Waals surface area contributed by atoms with Crippen molar-refractivity contribution in [2.75, 3.05) is 5.32 Å². The predicted octanol–water partition coefficient (Wildman–Crippen LogP) is 3.31. The molecule has 4 rings (SSSR count). The molecule has 27 heavy (non-hydrogen) atoms. The third-order valence-corrected chi connectivity index (χ3v) is 4.59. The molecular weight excluding hydrogens is 391 g/mol. The summed E-state index contributed by atoms with van der Waals surface area (Å²) in [7, 11) is 0. The van der Waals surface area contributed by atoms with Crippen molar-refractivity contribution < 1.29 is 4.79 Å². The first kappa shape index (κ1) is 17.3. The Bertz CT molecular complexity index is 1090. The average molecular weight is 401 g/mol. The lowest BCUT2D eigenvalue weighted by Crippen LogP contribution is -2.10. The monoisotopic (exact) mass is 400 g/mol. The standard InChI is InChI=1S/C16H10Cl2N8O/c17-11-4-1-5-12(13(11)18)26-16(23-24-25-26)20-7-9-3-2-6-19-14(9)10-8-21-22-15(10)27/h1-6,8H,7H2,(H,20,23,25). The van der Waals surface area contributed by atoms with Crippen LogP contribution in [0.4, 0.5) is 5.95 Å². The van der Waals surface area contributed by atoms with Crippen molar-refractivity contribution in [3.05, 3.63) is 64.0 Å². The number of aromatic nitrogens is 5. The molecule has 3 aromatic rings. The summed E-state index contributed by atoms with van der Waals surface area (Å²) in [6.45, 7) is 0.312. The first-order chi connectivity index (χ1) is 13.1. The Hall–Kier alpha value is -3.17. The Morgan fingerprint density at radius 3 is 2.85 bits per heavy atom. The number of carbonyl (C=O) groups is 1. The third-order valence-electron chi connectivity index (χ3n) is 3.78. The van der Waals surface area contributed by atoms with Crippen LogP contribution in [0.2, 0.25) is 10.0 Å². The molecule has 0 atom stereocenters. The number of hydrogen-bond acceptors (Lipinski definition) is 7. The van der Waals surface area contributed by atoms with Gasteiger partial charge in [0.1, 0.15) is 0 Å². The fourth-order valence-corrected chi connectivity index (χ4v) is 2.90. The number of anilines is 1. The normalized spacial score (nSPS) is 13.1. The predicted molar refractivity (Wildman–Crippen MR) is 98.6 cm³/mol. The fraction of sp³-hybridized carbons (Fsp3) is 0.0625. The molecule has 1 aliphatic heterocycles. The van der Waals surface area contributed by atoms with Crippen LogP contribution in [-0.2, 0) is 11.3 Å². The molecule has 0 fully saturated rings. The lowest BCUT2D eigenvalue weighted by atomic mass is 10.1. The van der Waals surface area contributed by atoms with Gasteiger partial charge in [-0.3, -0.25) is 9.78 Å². The van der Waals surface area contributed by atoms with Crippen molar-refractivity contribution in [3.63, 3.8) is 0 Å². The second-order valence-electron chi connectivity index (χ2n) is 5.42. The molecule has 2 aromatic heterocycles. The van der Waals surface area contributed by atoms with Crippen molar-refractivity contribution >= 4 is 40.6 Å². The molecule has 0 aliphatic carbocycles. The van der Waals surface area contributed by atoms with Gasteiger partial charge in [-0.1, -0.05) is 40.4 Å². The van der Waals surface area contributed by atoms with Crippen LogP contribution in [0.15, 0.2) is 53.0 Å². The van der Waals surface area contributed by atoms with Crippen LogP contribution < -0.4 is 5.32 Å². The number of pyridine rings is 1. The van der Waals surface area contributed by atoms with Gasteiger partial charge in [-0.15, -0.1) is 5.11 Å². The zero-order valence-corrected chi connectivity index (χ0v) is 15.1. The van der Waals surface area contributed by atoms with E-state index in [0.29, 0.717) is 39.5 Å². The van der Waals surface area contributed by atoms with Crippen LogP contribution in [0, 0.1) is 0 Å². The number of nitrogens with one attached hydrogen (secondary N) is 1. The van der Waals surface area contributed by atoms with Gasteiger partial charge in [-0.25, -0.2) is 0 Å². The SMILES string of the molecule is O=C1N=NC=C1c1ncccc1CNc1nnnn1-c1cccc(Cl)c1Cl. The first-order valence-corrected chi connectivity index (χ1v) is 8.47. The largest absolute Gasteiger partial charge is 0.349 e. The van der Waals surface area contributed by atoms with Gasteiger partial charge in [0.25, 0.3) is 5.91 Å². The number of nitrogens with zero attached hydrogens (tertiary/aromatic N) is 7. The number of benzene rings is 1. The second-order valence-corrected chi connectivity index (χ2v) is 6.20. The Morgan fingerprint density at radius 2 is 2.04 bits per heavy atom. The first-order valence-electron chi connectivity index (χ1n) is 7.71. The summed E-state index contributed by atoms with van der Waals surface area (Å²) < 4.78 is 1.44. The highest BCUT2D eigenvalue weighted by Gasteiger charge is 2.20. The van der Waals surface area contributed by atoms with Gasteiger partial charge in [0.15, 0.2) is 0 Å². The van der Waals surface area contributed by atoms with Crippen molar-refractivity contribution in [3.8, 4) is 5.69 Å². The van der Waals surface area contributed by atoms with Crippen LogP contribution in [-0.4, -0.2) is 31.1 Å². The summed E-state index contributed by atoms with van der Waals surface area (Å²) in [5, 5.41) is 22.6. The molecule has 134 valence electrons. The Balaban J connectivity index is 1.61. The maximum absolute atomic E-state index is 11.8. The van der Waals surface area contributed by atoms with Gasteiger partial charge in [0.05, 0.1) is 33.2 Å². The van der Waals surface area contributed by atoms with Crippen LogP contribution in [0.25, 0.3) is 11.3 Å². The van der Waals surface area contributed by atoms with Gasteiger partial charge in [-0.2, -0.15) is 9.80 Å².